The first kappa shape index (κ1) is 16.1. The lowest BCUT2D eigenvalue weighted by Gasteiger charge is -2.43. The van der Waals surface area contributed by atoms with Crippen molar-refractivity contribution in [3.05, 3.63) is 36.0 Å². The molecule has 2 aromatic rings. The minimum absolute atomic E-state index is 0.0529. The molecule has 4 rings (SSSR count). The number of carbonyl (C=O) groups excluding carboxylic acids is 2. The molecule has 6 nitrogen and oxygen atoms in total. The van der Waals surface area contributed by atoms with Crippen LogP contribution in [0.2, 0.25) is 0 Å². The molecule has 2 amide bonds. The van der Waals surface area contributed by atoms with Gasteiger partial charge in [-0.1, -0.05) is 18.2 Å². The molecular formula is C19H23N3O3. The Morgan fingerprint density at radius 2 is 2.04 bits per heavy atom. The van der Waals surface area contributed by atoms with Gasteiger partial charge in [-0.05, 0) is 30.9 Å². The van der Waals surface area contributed by atoms with E-state index in [0.29, 0.717) is 26.1 Å². The number of ether oxygens (including phenoxy) is 1. The number of fused-ring (bicyclic) bond motifs is 1. The van der Waals surface area contributed by atoms with Gasteiger partial charge in [0.1, 0.15) is 6.61 Å². The van der Waals surface area contributed by atoms with E-state index in [0.717, 1.165) is 24.8 Å². The van der Waals surface area contributed by atoms with Crippen molar-refractivity contribution in [1.29, 1.82) is 0 Å². The Balaban J connectivity index is 1.31. The van der Waals surface area contributed by atoms with Crippen LogP contribution in [0.3, 0.4) is 0 Å². The maximum absolute atomic E-state index is 12.6. The maximum atomic E-state index is 12.6. The van der Waals surface area contributed by atoms with Crippen LogP contribution in [0.4, 0.5) is 0 Å². The zero-order valence-electron chi connectivity index (χ0n) is 14.2. The van der Waals surface area contributed by atoms with Gasteiger partial charge < -0.3 is 19.9 Å². The number of nitrogens with zero attached hydrogens (tertiary/aromatic N) is 1. The number of amides is 2. The summed E-state index contributed by atoms with van der Waals surface area (Å²) in [6, 6.07) is 8.17. The smallest absolute Gasteiger partial charge is 0.246 e. The SMILES string of the molecule is O=C1COC2(CCN(C(=O)CCc3c[nH]c4ccccc34)CC2)CN1. The van der Waals surface area contributed by atoms with E-state index in [1.54, 1.807) is 0 Å². The van der Waals surface area contributed by atoms with Crippen LogP contribution in [0.1, 0.15) is 24.8 Å². The fourth-order valence-electron chi connectivity index (χ4n) is 3.80. The average Bonchev–Trinajstić information content (AvgIpc) is 3.06. The van der Waals surface area contributed by atoms with Crippen molar-refractivity contribution in [2.75, 3.05) is 26.2 Å². The molecule has 0 radical (unpaired) electrons. The number of likely N-dealkylation sites (tertiary alicyclic amines) is 1. The summed E-state index contributed by atoms with van der Waals surface area (Å²) >= 11 is 0. The second-order valence-corrected chi connectivity index (χ2v) is 6.99. The summed E-state index contributed by atoms with van der Waals surface area (Å²) in [6.45, 7) is 2.09. The molecule has 1 spiro atoms. The Morgan fingerprint density at radius 1 is 1.24 bits per heavy atom. The maximum Gasteiger partial charge on any atom is 0.246 e. The number of benzene rings is 1. The van der Waals surface area contributed by atoms with Gasteiger partial charge in [-0.2, -0.15) is 0 Å². The number of hydrogen-bond donors (Lipinski definition) is 2. The summed E-state index contributed by atoms with van der Waals surface area (Å²) in [5, 5.41) is 4.07. The third-order valence-corrected chi connectivity index (χ3v) is 5.43. The van der Waals surface area contributed by atoms with Crippen molar-refractivity contribution in [3.8, 4) is 0 Å². The van der Waals surface area contributed by atoms with Gasteiger partial charge in [0.2, 0.25) is 11.8 Å². The van der Waals surface area contributed by atoms with E-state index in [4.69, 9.17) is 4.74 Å². The number of rotatable bonds is 3. The van der Waals surface area contributed by atoms with Crippen molar-refractivity contribution in [2.45, 2.75) is 31.3 Å². The predicted molar refractivity (Wildman–Crippen MR) is 94.1 cm³/mol. The molecule has 2 aliphatic heterocycles. The Hall–Kier alpha value is -2.34. The summed E-state index contributed by atoms with van der Waals surface area (Å²) < 4.78 is 5.76. The number of morpholine rings is 1. The first-order valence-electron chi connectivity index (χ1n) is 8.89. The minimum Gasteiger partial charge on any atom is -0.363 e. The lowest BCUT2D eigenvalue weighted by molar-refractivity contribution is -0.154. The summed E-state index contributed by atoms with van der Waals surface area (Å²) in [7, 11) is 0. The largest absolute Gasteiger partial charge is 0.363 e. The van der Waals surface area contributed by atoms with Crippen molar-refractivity contribution in [1.82, 2.24) is 15.2 Å². The first-order valence-corrected chi connectivity index (χ1v) is 8.89. The molecule has 0 aliphatic carbocycles. The van der Waals surface area contributed by atoms with Crippen LogP contribution in [0, 0.1) is 0 Å². The molecular weight excluding hydrogens is 318 g/mol. The van der Waals surface area contributed by atoms with E-state index >= 15 is 0 Å². The lowest BCUT2D eigenvalue weighted by Crippen LogP contribution is -2.58. The number of nitrogens with one attached hydrogen (secondary N) is 2. The third-order valence-electron chi connectivity index (χ3n) is 5.43. The highest BCUT2D eigenvalue weighted by Gasteiger charge is 2.39. The van der Waals surface area contributed by atoms with Crippen molar-refractivity contribution in [2.24, 2.45) is 0 Å². The van der Waals surface area contributed by atoms with E-state index in [1.165, 1.54) is 10.9 Å². The molecule has 25 heavy (non-hydrogen) atoms. The molecule has 0 unspecified atom stereocenters. The highest BCUT2D eigenvalue weighted by atomic mass is 16.5. The Labute approximate surface area is 146 Å². The molecule has 6 heteroatoms. The van der Waals surface area contributed by atoms with Gasteiger partial charge in [-0.25, -0.2) is 0 Å². The lowest BCUT2D eigenvalue weighted by atomic mass is 9.89. The molecule has 2 saturated heterocycles. The fraction of sp³-hybridized carbons (Fsp3) is 0.474. The highest BCUT2D eigenvalue weighted by molar-refractivity contribution is 5.84. The zero-order valence-corrected chi connectivity index (χ0v) is 14.2. The predicted octanol–water partition coefficient (Wildman–Crippen LogP) is 1.61. The zero-order chi connectivity index (χ0) is 17.3. The summed E-state index contributed by atoms with van der Waals surface area (Å²) in [4.78, 5) is 29.0. The number of aromatic amines is 1. The molecule has 0 atom stereocenters. The molecule has 2 fully saturated rings. The van der Waals surface area contributed by atoms with Crippen LogP contribution < -0.4 is 5.32 Å². The molecule has 1 aromatic heterocycles. The number of H-pyrrole nitrogens is 1. The molecule has 2 aliphatic rings. The van der Waals surface area contributed by atoms with E-state index < -0.39 is 0 Å². The molecule has 1 aromatic carbocycles. The van der Waals surface area contributed by atoms with Crippen LogP contribution in [-0.2, 0) is 20.7 Å². The van der Waals surface area contributed by atoms with E-state index in [9.17, 15) is 9.59 Å². The van der Waals surface area contributed by atoms with Crippen LogP contribution in [-0.4, -0.2) is 53.5 Å². The summed E-state index contributed by atoms with van der Waals surface area (Å²) in [5.41, 5.74) is 2.03. The van der Waals surface area contributed by atoms with Gasteiger partial charge in [0.05, 0.1) is 5.60 Å². The van der Waals surface area contributed by atoms with Crippen molar-refractivity contribution >= 4 is 22.7 Å². The second kappa shape index (κ2) is 6.52. The summed E-state index contributed by atoms with van der Waals surface area (Å²) in [5.74, 6) is 0.142. The van der Waals surface area contributed by atoms with Gasteiger partial charge >= 0.3 is 0 Å². The Morgan fingerprint density at radius 3 is 2.80 bits per heavy atom. The highest BCUT2D eigenvalue weighted by Crippen LogP contribution is 2.28. The number of hydrogen-bond acceptors (Lipinski definition) is 3. The fourth-order valence-corrected chi connectivity index (χ4v) is 3.80. The second-order valence-electron chi connectivity index (χ2n) is 6.99. The monoisotopic (exact) mass is 341 g/mol. The van der Waals surface area contributed by atoms with Gasteiger partial charge in [0.15, 0.2) is 0 Å². The van der Waals surface area contributed by atoms with Gasteiger partial charge in [-0.3, -0.25) is 9.59 Å². The van der Waals surface area contributed by atoms with E-state index in [2.05, 4.69) is 16.4 Å². The van der Waals surface area contributed by atoms with Crippen molar-refractivity contribution < 1.29 is 14.3 Å². The number of carbonyl (C=O) groups is 2. The molecule has 132 valence electrons. The Bertz CT molecular complexity index is 778. The van der Waals surface area contributed by atoms with Crippen molar-refractivity contribution in [3.63, 3.8) is 0 Å². The van der Waals surface area contributed by atoms with E-state index in [-0.39, 0.29) is 24.0 Å². The van der Waals surface area contributed by atoms with Gasteiger partial charge in [0.25, 0.3) is 0 Å². The normalized spacial score (nSPS) is 20.0. The molecule has 0 bridgehead atoms. The van der Waals surface area contributed by atoms with Crippen LogP contribution >= 0.6 is 0 Å². The molecule has 3 heterocycles. The number of para-hydroxylation sites is 1. The topological polar surface area (TPSA) is 74.4 Å². The van der Waals surface area contributed by atoms with Gasteiger partial charge in [-0.15, -0.1) is 0 Å². The standard InChI is InChI=1S/C19H23N3O3/c23-17-12-25-19(13-21-17)7-9-22(10-8-19)18(24)6-5-14-11-20-16-4-2-1-3-15(14)16/h1-4,11,20H,5-10,12-13H2,(H,21,23). The molecule has 0 saturated carbocycles. The van der Waals surface area contributed by atoms with Gasteiger partial charge in [0, 0.05) is 43.2 Å². The van der Waals surface area contributed by atoms with Crippen LogP contribution in [0.25, 0.3) is 10.9 Å². The average molecular weight is 341 g/mol. The van der Waals surface area contributed by atoms with Crippen LogP contribution in [0.5, 0.6) is 0 Å². The number of aromatic nitrogens is 1. The van der Waals surface area contributed by atoms with E-state index in [1.807, 2.05) is 29.3 Å². The Kier molecular flexibility index (Phi) is 4.21. The summed E-state index contributed by atoms with van der Waals surface area (Å²) in [6.07, 6.45) is 4.84. The first-order chi connectivity index (χ1) is 12.2. The number of piperidine rings is 1. The minimum atomic E-state index is -0.276. The quantitative estimate of drug-likeness (QED) is 0.891. The number of aryl methyl sites for hydroxylation is 1. The molecule has 2 N–H and O–H groups in total. The third kappa shape index (κ3) is 3.26. The van der Waals surface area contributed by atoms with Crippen LogP contribution in [0.15, 0.2) is 30.5 Å².